The summed E-state index contributed by atoms with van der Waals surface area (Å²) in [6, 6.07) is 0. The number of hydrogen-bond acceptors (Lipinski definition) is 8. The number of halogens is 1. The molecule has 0 spiro atoms. The molecule has 0 aromatic carbocycles. The summed E-state index contributed by atoms with van der Waals surface area (Å²) < 4.78 is 10.5. The first kappa shape index (κ1) is 47.5. The van der Waals surface area contributed by atoms with E-state index < -0.39 is 11.2 Å². The topological polar surface area (TPSA) is 108 Å². The molecule has 8 saturated carbocycles. The number of hydrogen-bond donors (Lipinski definition) is 3. The van der Waals surface area contributed by atoms with Gasteiger partial charge in [0.25, 0.3) is 0 Å². The van der Waals surface area contributed by atoms with E-state index in [1.54, 1.807) is 0 Å². The number of nitrogens with zero attached hydrogens (tertiary/aromatic N) is 1. The Bertz CT molecular complexity index is 1440. The van der Waals surface area contributed by atoms with Crippen LogP contribution in [0.5, 0.6) is 0 Å². The number of morpholine rings is 2. The Morgan fingerprint density at radius 1 is 0.583 bits per heavy atom. The van der Waals surface area contributed by atoms with Gasteiger partial charge < -0.3 is 25.0 Å². The molecule has 344 valence electrons. The Labute approximate surface area is 373 Å². The summed E-state index contributed by atoms with van der Waals surface area (Å²) in [6.07, 6.45) is 21.7. The third kappa shape index (κ3) is 9.74. The number of rotatable bonds is 5. The number of aliphatic hydroxyl groups is 2. The van der Waals surface area contributed by atoms with E-state index in [0.717, 1.165) is 150 Å². The van der Waals surface area contributed by atoms with Gasteiger partial charge in [-0.05, 0) is 199 Å². The van der Waals surface area contributed by atoms with E-state index in [2.05, 4.69) is 46.9 Å². The maximum atomic E-state index is 13.3. The molecule has 60 heavy (non-hydrogen) atoms. The van der Waals surface area contributed by atoms with Crippen molar-refractivity contribution in [3.05, 3.63) is 0 Å². The third-order valence-electron chi connectivity index (χ3n) is 19.7. The van der Waals surface area contributed by atoms with E-state index in [1.807, 2.05) is 6.92 Å². The number of carbonyl (C=O) groups is 2. The number of fused-ring (bicyclic) bond motifs is 10. The molecule has 0 radical (unpaired) electrons. The smallest absolute Gasteiger partial charge is 0.150 e. The molecule has 0 unspecified atom stereocenters. The van der Waals surface area contributed by atoms with Gasteiger partial charge in [-0.15, -0.1) is 0 Å². The molecule has 10 rings (SSSR count). The van der Waals surface area contributed by atoms with Gasteiger partial charge >= 0.3 is 0 Å². The van der Waals surface area contributed by atoms with Gasteiger partial charge in [0.15, 0.2) is 0 Å². The highest BCUT2D eigenvalue weighted by atomic mass is 79.9. The van der Waals surface area contributed by atoms with Gasteiger partial charge in [-0.25, -0.2) is 0 Å². The molecule has 2 heterocycles. The average Bonchev–Trinajstić information content (AvgIpc) is 3.78. The van der Waals surface area contributed by atoms with Crippen LogP contribution in [0.4, 0.5) is 0 Å². The van der Waals surface area contributed by atoms with Crippen LogP contribution in [0.3, 0.4) is 0 Å². The predicted octanol–water partition coefficient (Wildman–Crippen LogP) is 9.12. The Morgan fingerprint density at radius 2 is 1.03 bits per heavy atom. The van der Waals surface area contributed by atoms with Gasteiger partial charge in [0.1, 0.15) is 11.6 Å². The lowest BCUT2D eigenvalue weighted by Crippen LogP contribution is -2.51. The highest BCUT2D eigenvalue weighted by Crippen LogP contribution is 2.66. The van der Waals surface area contributed by atoms with Crippen molar-refractivity contribution in [3.63, 3.8) is 0 Å². The largest absolute Gasteiger partial charge is 0.390 e. The van der Waals surface area contributed by atoms with Crippen molar-refractivity contribution in [2.75, 3.05) is 64.5 Å². The number of ether oxygens (including phenoxy) is 2. The molecule has 2 aliphatic heterocycles. The third-order valence-corrected chi connectivity index (χ3v) is 20.3. The summed E-state index contributed by atoms with van der Waals surface area (Å²) in [7, 11) is 0. The second-order valence-corrected chi connectivity index (χ2v) is 23.6. The van der Waals surface area contributed by atoms with Crippen LogP contribution in [-0.2, 0) is 19.1 Å². The van der Waals surface area contributed by atoms with Crippen molar-refractivity contribution in [3.8, 4) is 0 Å². The molecule has 16 atom stereocenters. The van der Waals surface area contributed by atoms with E-state index in [0.29, 0.717) is 29.4 Å². The molecule has 0 aromatic rings. The van der Waals surface area contributed by atoms with Crippen LogP contribution < -0.4 is 5.32 Å². The predicted molar refractivity (Wildman–Crippen MR) is 244 cm³/mol. The van der Waals surface area contributed by atoms with Crippen molar-refractivity contribution in [1.82, 2.24) is 10.2 Å². The Kier molecular flexibility index (Phi) is 15.5. The molecule has 10 fully saturated rings. The van der Waals surface area contributed by atoms with Gasteiger partial charge in [0, 0.05) is 38.0 Å². The molecule has 3 N–H and O–H groups in total. The van der Waals surface area contributed by atoms with Crippen LogP contribution in [-0.4, -0.2) is 102 Å². The lowest BCUT2D eigenvalue weighted by molar-refractivity contribution is -0.134. The minimum Gasteiger partial charge on any atom is -0.390 e. The number of nitrogens with one attached hydrogen (secondary N) is 1. The first-order chi connectivity index (χ1) is 28.2. The molecule has 8 aliphatic carbocycles. The fourth-order valence-corrected chi connectivity index (χ4v) is 17.3. The second-order valence-electron chi connectivity index (χ2n) is 23.0. The van der Waals surface area contributed by atoms with Crippen LogP contribution in [0.25, 0.3) is 0 Å². The van der Waals surface area contributed by atoms with Crippen molar-refractivity contribution in [1.29, 1.82) is 0 Å². The van der Waals surface area contributed by atoms with Crippen molar-refractivity contribution in [2.24, 2.45) is 81.8 Å². The normalized spacial score (nSPS) is 48.3. The second kappa shape index (κ2) is 19.6. The van der Waals surface area contributed by atoms with Crippen LogP contribution in [0.2, 0.25) is 0 Å². The van der Waals surface area contributed by atoms with Crippen molar-refractivity contribution in [2.45, 2.75) is 162 Å². The maximum Gasteiger partial charge on any atom is 0.150 e. The van der Waals surface area contributed by atoms with Gasteiger partial charge in [-0.1, -0.05) is 37.2 Å². The Morgan fingerprint density at radius 3 is 1.47 bits per heavy atom. The SMILES string of the molecule is C.C1COCCN1.C[C@@]1(O)CC[C@H]2[C@@H](CC[C@@H]3[C@@H]2CC[C@]2(C)[C@@H](C(=O)CBr)CC[C@@H]32)C1.C[C@@]1(O)CC[C@H]2[C@@H](CC[C@@H]3[C@@H]2CC[C@]2(C)[C@@H](C(=O)CN4CCOCC4)CC[C@@H]32)C1. The quantitative estimate of drug-likeness (QED) is 0.235. The number of carbonyl (C=O) groups excluding carboxylic acids is 2. The summed E-state index contributed by atoms with van der Waals surface area (Å²) in [5.41, 5.74) is -0.351. The zero-order chi connectivity index (χ0) is 41.6. The summed E-state index contributed by atoms with van der Waals surface area (Å²) in [6.45, 7) is 16.9. The van der Waals surface area contributed by atoms with Gasteiger partial charge in [-0.2, -0.15) is 0 Å². The molecule has 0 bridgehead atoms. The van der Waals surface area contributed by atoms with Crippen LogP contribution in [0.15, 0.2) is 0 Å². The molecular weight excluding hydrogens is 816 g/mol. The highest BCUT2D eigenvalue weighted by Gasteiger charge is 2.60. The summed E-state index contributed by atoms with van der Waals surface area (Å²) >= 11 is 3.42. The molecule has 8 nitrogen and oxygen atoms in total. The van der Waals surface area contributed by atoms with Crippen LogP contribution in [0.1, 0.15) is 151 Å². The molecule has 0 amide bonds. The molecular formula is C51H87BrN2O6. The van der Waals surface area contributed by atoms with Gasteiger partial charge in [0.05, 0.1) is 49.5 Å². The standard InChI is InChI=1S/C25H41NO3.C21H33BrO2.C4H9NO.CH4/c1-24(28)9-7-18-17(15-24)3-4-20-19(18)8-10-25(2)21(20)5-6-22(25)23(27)16-26-11-13-29-14-12-26;1-20(24)9-7-14-13(11-20)3-4-16-15(14)8-10-21(2)17(16)5-6-18(21)19(23)12-22;1-3-6-4-2-5-1;/h17-22,28H,3-16H2,1-2H3;13-18,24H,3-12H2,1-2H3;5H,1-4H2;1H4/t17-,18-,19+,20+,21-,22+,24+,25-;13-,14-,15+,16+,17-,18+,20+,21-;;/m00../s1. The zero-order valence-corrected chi connectivity index (χ0v) is 39.2. The Balaban J connectivity index is 0.000000159. The van der Waals surface area contributed by atoms with E-state index in [4.69, 9.17) is 9.47 Å². The van der Waals surface area contributed by atoms with E-state index in [-0.39, 0.29) is 24.2 Å². The monoisotopic (exact) mass is 903 g/mol. The lowest BCUT2D eigenvalue weighted by atomic mass is 9.49. The maximum absolute atomic E-state index is 13.3. The fraction of sp³-hybridized carbons (Fsp3) is 0.961. The average molecular weight is 904 g/mol. The van der Waals surface area contributed by atoms with Crippen molar-refractivity contribution >= 4 is 27.5 Å². The first-order valence-electron chi connectivity index (χ1n) is 24.9. The molecule has 9 heteroatoms. The number of alkyl halides is 1. The summed E-state index contributed by atoms with van der Waals surface area (Å²) in [4.78, 5) is 28.1. The van der Waals surface area contributed by atoms with Gasteiger partial charge in [-0.3, -0.25) is 14.5 Å². The lowest BCUT2D eigenvalue weighted by Gasteiger charge is -2.57. The first-order valence-corrected chi connectivity index (χ1v) is 26.0. The van der Waals surface area contributed by atoms with Gasteiger partial charge in [0.2, 0.25) is 0 Å². The summed E-state index contributed by atoms with van der Waals surface area (Å²) in [5, 5.41) is 24.8. The molecule has 0 aromatic heterocycles. The highest BCUT2D eigenvalue weighted by molar-refractivity contribution is 9.09. The zero-order valence-electron chi connectivity index (χ0n) is 37.6. The number of Topliss-reactive ketones (excluding diaryl/α,β-unsaturated/α-hetero) is 2. The molecule has 10 aliphatic rings. The van der Waals surface area contributed by atoms with E-state index >= 15 is 0 Å². The van der Waals surface area contributed by atoms with Crippen LogP contribution in [0, 0.1) is 81.8 Å². The van der Waals surface area contributed by atoms with E-state index in [9.17, 15) is 19.8 Å². The number of ketones is 2. The Hall–Kier alpha value is -0.420. The summed E-state index contributed by atoms with van der Waals surface area (Å²) in [5.74, 6) is 9.64. The van der Waals surface area contributed by atoms with E-state index in [1.165, 1.54) is 77.0 Å². The van der Waals surface area contributed by atoms with Crippen LogP contribution >= 0.6 is 15.9 Å². The minimum absolute atomic E-state index is 0. The fourth-order valence-electron chi connectivity index (χ4n) is 16.9. The minimum atomic E-state index is -0.429. The van der Waals surface area contributed by atoms with Crippen molar-refractivity contribution < 1.29 is 29.3 Å². The molecule has 2 saturated heterocycles.